The SMILES string of the molecule is CCC(NC(=O)Cn1nc2ccccc2n1)C1CC(O)C1. The lowest BCUT2D eigenvalue weighted by Gasteiger charge is -2.37. The van der Waals surface area contributed by atoms with Crippen LogP contribution in [-0.4, -0.2) is 38.2 Å². The van der Waals surface area contributed by atoms with Gasteiger partial charge in [0.1, 0.15) is 17.6 Å². The van der Waals surface area contributed by atoms with Crippen molar-refractivity contribution in [2.75, 3.05) is 0 Å². The zero-order valence-electron chi connectivity index (χ0n) is 12.1. The predicted octanol–water partition coefficient (Wildman–Crippen LogP) is 1.10. The largest absolute Gasteiger partial charge is 0.393 e. The molecule has 1 saturated carbocycles. The number of aliphatic hydroxyl groups is 1. The number of hydrogen-bond acceptors (Lipinski definition) is 4. The van der Waals surface area contributed by atoms with Crippen molar-refractivity contribution in [3.05, 3.63) is 24.3 Å². The van der Waals surface area contributed by atoms with Gasteiger partial charge in [0, 0.05) is 6.04 Å². The molecule has 21 heavy (non-hydrogen) atoms. The Morgan fingerprint density at radius 2 is 2.00 bits per heavy atom. The van der Waals surface area contributed by atoms with Crippen molar-refractivity contribution in [1.82, 2.24) is 20.3 Å². The minimum Gasteiger partial charge on any atom is -0.393 e. The molecule has 1 heterocycles. The van der Waals surface area contributed by atoms with Crippen molar-refractivity contribution < 1.29 is 9.90 Å². The average Bonchev–Trinajstić information content (AvgIpc) is 2.83. The van der Waals surface area contributed by atoms with Crippen molar-refractivity contribution in [1.29, 1.82) is 0 Å². The summed E-state index contributed by atoms with van der Waals surface area (Å²) < 4.78 is 0. The second kappa shape index (κ2) is 5.81. The van der Waals surface area contributed by atoms with Gasteiger partial charge >= 0.3 is 0 Å². The normalized spacial score (nSPS) is 22.8. The molecule has 6 nitrogen and oxygen atoms in total. The van der Waals surface area contributed by atoms with Gasteiger partial charge in [0.25, 0.3) is 0 Å². The molecular formula is C15H20N4O2. The van der Waals surface area contributed by atoms with Crippen LogP contribution in [0.3, 0.4) is 0 Å². The number of carbonyl (C=O) groups is 1. The first-order valence-corrected chi connectivity index (χ1v) is 7.43. The van der Waals surface area contributed by atoms with Crippen LogP contribution in [0.1, 0.15) is 26.2 Å². The van der Waals surface area contributed by atoms with E-state index in [1.165, 1.54) is 4.80 Å². The van der Waals surface area contributed by atoms with Gasteiger partial charge < -0.3 is 10.4 Å². The number of nitrogens with zero attached hydrogens (tertiary/aromatic N) is 3. The van der Waals surface area contributed by atoms with E-state index in [-0.39, 0.29) is 24.6 Å². The molecule has 112 valence electrons. The molecular weight excluding hydrogens is 268 g/mol. The molecule has 1 aromatic heterocycles. The Kier molecular flexibility index (Phi) is 3.88. The fourth-order valence-electron chi connectivity index (χ4n) is 2.87. The standard InChI is InChI=1S/C15H20N4O2/c1-2-12(10-7-11(20)8-10)16-15(21)9-19-17-13-5-3-4-6-14(13)18-19/h3-6,10-12,20H,2,7-9H2,1H3,(H,16,21). The Morgan fingerprint density at radius 1 is 1.38 bits per heavy atom. The molecule has 0 aliphatic heterocycles. The van der Waals surface area contributed by atoms with E-state index in [0.717, 1.165) is 30.3 Å². The van der Waals surface area contributed by atoms with E-state index in [1.54, 1.807) is 0 Å². The predicted molar refractivity (Wildman–Crippen MR) is 78.5 cm³/mol. The number of carbonyl (C=O) groups excluding carboxylic acids is 1. The van der Waals surface area contributed by atoms with E-state index in [4.69, 9.17) is 0 Å². The number of fused-ring (bicyclic) bond motifs is 1. The van der Waals surface area contributed by atoms with Crippen LogP contribution < -0.4 is 5.32 Å². The van der Waals surface area contributed by atoms with Gasteiger partial charge in [-0.3, -0.25) is 4.79 Å². The number of aromatic nitrogens is 3. The molecule has 6 heteroatoms. The summed E-state index contributed by atoms with van der Waals surface area (Å²) in [4.78, 5) is 13.5. The number of benzene rings is 1. The van der Waals surface area contributed by atoms with Crippen molar-refractivity contribution in [2.45, 2.75) is 44.9 Å². The first-order chi connectivity index (χ1) is 10.2. The highest BCUT2D eigenvalue weighted by Crippen LogP contribution is 2.31. The highest BCUT2D eigenvalue weighted by molar-refractivity contribution is 5.77. The highest BCUT2D eigenvalue weighted by atomic mass is 16.3. The van der Waals surface area contributed by atoms with Gasteiger partial charge in [-0.15, -0.1) is 0 Å². The van der Waals surface area contributed by atoms with Gasteiger partial charge in [0.05, 0.1) is 6.10 Å². The Bertz CT molecular complexity index is 600. The van der Waals surface area contributed by atoms with E-state index in [2.05, 4.69) is 22.4 Å². The number of rotatable bonds is 5. The lowest BCUT2D eigenvalue weighted by molar-refractivity contribution is -0.124. The van der Waals surface area contributed by atoms with Crippen LogP contribution >= 0.6 is 0 Å². The van der Waals surface area contributed by atoms with E-state index >= 15 is 0 Å². The zero-order chi connectivity index (χ0) is 14.8. The summed E-state index contributed by atoms with van der Waals surface area (Å²) in [6.07, 6.45) is 2.24. The smallest absolute Gasteiger partial charge is 0.243 e. The van der Waals surface area contributed by atoms with Gasteiger partial charge in [-0.25, -0.2) is 0 Å². The molecule has 1 aliphatic carbocycles. The fraction of sp³-hybridized carbons (Fsp3) is 0.533. The third-order valence-corrected chi connectivity index (χ3v) is 4.12. The maximum atomic E-state index is 12.1. The highest BCUT2D eigenvalue weighted by Gasteiger charge is 2.33. The summed E-state index contributed by atoms with van der Waals surface area (Å²) >= 11 is 0. The minimum absolute atomic E-state index is 0.0801. The van der Waals surface area contributed by atoms with Crippen LogP contribution in [0.15, 0.2) is 24.3 Å². The average molecular weight is 288 g/mol. The summed E-state index contributed by atoms with van der Waals surface area (Å²) in [7, 11) is 0. The molecule has 1 atom stereocenters. The van der Waals surface area contributed by atoms with Crippen molar-refractivity contribution in [2.24, 2.45) is 5.92 Å². The van der Waals surface area contributed by atoms with E-state index in [9.17, 15) is 9.90 Å². The second-order valence-electron chi connectivity index (χ2n) is 5.69. The van der Waals surface area contributed by atoms with Crippen LogP contribution in [0.5, 0.6) is 0 Å². The molecule has 1 unspecified atom stereocenters. The summed E-state index contributed by atoms with van der Waals surface area (Å²) in [5, 5.41) is 21.0. The van der Waals surface area contributed by atoms with E-state index in [1.807, 2.05) is 24.3 Å². The second-order valence-corrected chi connectivity index (χ2v) is 5.69. The zero-order valence-corrected chi connectivity index (χ0v) is 12.1. The van der Waals surface area contributed by atoms with Gasteiger partial charge in [-0.2, -0.15) is 15.0 Å². The summed E-state index contributed by atoms with van der Waals surface area (Å²) in [5.41, 5.74) is 1.58. The van der Waals surface area contributed by atoms with Crippen LogP contribution in [-0.2, 0) is 11.3 Å². The molecule has 1 aliphatic rings. The van der Waals surface area contributed by atoms with E-state index < -0.39 is 0 Å². The molecule has 2 aromatic rings. The molecule has 1 amide bonds. The monoisotopic (exact) mass is 288 g/mol. The van der Waals surface area contributed by atoms with Crippen LogP contribution in [0.4, 0.5) is 0 Å². The third-order valence-electron chi connectivity index (χ3n) is 4.12. The molecule has 0 saturated heterocycles. The summed E-state index contributed by atoms with van der Waals surface area (Å²) in [5.74, 6) is 0.308. The Labute approximate surface area is 123 Å². The third kappa shape index (κ3) is 3.05. The van der Waals surface area contributed by atoms with Crippen LogP contribution in [0.2, 0.25) is 0 Å². The van der Waals surface area contributed by atoms with Crippen molar-refractivity contribution >= 4 is 16.9 Å². The minimum atomic E-state index is -0.195. The van der Waals surface area contributed by atoms with Gasteiger partial charge in [-0.05, 0) is 37.3 Å². The van der Waals surface area contributed by atoms with Gasteiger partial charge in [0.2, 0.25) is 5.91 Å². The molecule has 1 aromatic carbocycles. The molecule has 0 radical (unpaired) electrons. The maximum Gasteiger partial charge on any atom is 0.243 e. The van der Waals surface area contributed by atoms with Crippen LogP contribution in [0.25, 0.3) is 11.0 Å². The fourth-order valence-corrected chi connectivity index (χ4v) is 2.87. The number of nitrogens with one attached hydrogen (secondary N) is 1. The maximum absolute atomic E-state index is 12.1. The first kappa shape index (κ1) is 14.0. The quantitative estimate of drug-likeness (QED) is 0.863. The Hall–Kier alpha value is -1.95. The molecule has 0 bridgehead atoms. The Morgan fingerprint density at radius 3 is 2.52 bits per heavy atom. The number of hydrogen-bond donors (Lipinski definition) is 2. The number of aliphatic hydroxyl groups excluding tert-OH is 1. The lowest BCUT2D eigenvalue weighted by atomic mass is 9.76. The van der Waals surface area contributed by atoms with Gasteiger partial charge in [0.15, 0.2) is 0 Å². The lowest BCUT2D eigenvalue weighted by Crippen LogP contribution is -2.47. The van der Waals surface area contributed by atoms with Crippen molar-refractivity contribution in [3.8, 4) is 0 Å². The molecule has 2 N–H and O–H groups in total. The Balaban J connectivity index is 1.60. The van der Waals surface area contributed by atoms with Gasteiger partial charge in [-0.1, -0.05) is 19.1 Å². The summed E-state index contributed by atoms with van der Waals surface area (Å²) in [6.45, 7) is 2.18. The van der Waals surface area contributed by atoms with E-state index in [0.29, 0.717) is 5.92 Å². The van der Waals surface area contributed by atoms with Crippen molar-refractivity contribution in [3.63, 3.8) is 0 Å². The summed E-state index contributed by atoms with van der Waals surface area (Å²) in [6, 6.07) is 7.68. The van der Waals surface area contributed by atoms with Crippen LogP contribution in [0, 0.1) is 5.92 Å². The molecule has 3 rings (SSSR count). The molecule has 1 fully saturated rings. The number of amides is 1. The molecule has 0 spiro atoms. The topological polar surface area (TPSA) is 80.0 Å². The first-order valence-electron chi connectivity index (χ1n) is 7.43.